The van der Waals surface area contributed by atoms with E-state index in [4.69, 9.17) is 9.97 Å². The van der Waals surface area contributed by atoms with Crippen molar-refractivity contribution in [3.8, 4) is 84.1 Å². The van der Waals surface area contributed by atoms with Crippen molar-refractivity contribution in [1.29, 1.82) is 0 Å². The molecule has 0 amide bonds. The number of aryl methyl sites for hydroxylation is 7. The first kappa shape index (κ1) is 46.1. The molecule has 0 N–H and O–H groups in total. The first-order valence-corrected chi connectivity index (χ1v) is 24.4. The topological polar surface area (TPSA) is 30.7 Å². The van der Waals surface area contributed by atoms with Crippen LogP contribution in [0.15, 0.2) is 188 Å². The van der Waals surface area contributed by atoms with Gasteiger partial charge in [-0.25, -0.2) is 9.97 Å². The van der Waals surface area contributed by atoms with E-state index in [-0.39, 0.29) is 0 Å². The minimum atomic E-state index is -4.51. The van der Waals surface area contributed by atoms with E-state index in [1.807, 2.05) is 66.7 Å². The second-order valence-corrected chi connectivity index (χ2v) is 19.4. The number of fused-ring (bicyclic) bond motifs is 3. The third-order valence-corrected chi connectivity index (χ3v) is 14.0. The fourth-order valence-corrected chi connectivity index (χ4v) is 11.0. The number of nitrogens with zero attached hydrogens (tertiary/aromatic N) is 3. The van der Waals surface area contributed by atoms with Gasteiger partial charge in [-0.05, 0) is 159 Å². The third-order valence-electron chi connectivity index (χ3n) is 14.0. The molecule has 0 saturated heterocycles. The van der Waals surface area contributed by atoms with Crippen molar-refractivity contribution in [1.82, 2.24) is 14.5 Å². The Morgan fingerprint density at radius 3 is 1.18 bits per heavy atom. The van der Waals surface area contributed by atoms with Gasteiger partial charge in [-0.15, -0.1) is 0 Å². The minimum Gasteiger partial charge on any atom is -0.308 e. The molecule has 2 aromatic heterocycles. The molecule has 0 unspecified atom stereocenters. The summed E-state index contributed by atoms with van der Waals surface area (Å²) in [6.45, 7) is 15.1. The van der Waals surface area contributed by atoms with Crippen LogP contribution in [0, 0.1) is 48.5 Å². The van der Waals surface area contributed by atoms with Crippen LogP contribution >= 0.6 is 0 Å². The maximum absolute atomic E-state index is 14.4. The average molecular weight is 944 g/mol. The van der Waals surface area contributed by atoms with Crippen molar-refractivity contribution < 1.29 is 13.2 Å². The highest BCUT2D eigenvalue weighted by Gasteiger charge is 2.31. The lowest BCUT2D eigenvalue weighted by molar-refractivity contribution is -0.137. The Morgan fingerprint density at radius 2 is 0.764 bits per heavy atom. The van der Waals surface area contributed by atoms with E-state index in [0.29, 0.717) is 11.4 Å². The summed E-state index contributed by atoms with van der Waals surface area (Å²) in [5, 5.41) is 2.13. The van der Waals surface area contributed by atoms with E-state index in [1.165, 1.54) is 56.6 Å². The van der Waals surface area contributed by atoms with Gasteiger partial charge in [-0.1, -0.05) is 150 Å². The Labute approximate surface area is 419 Å². The summed E-state index contributed by atoms with van der Waals surface area (Å²) in [6.07, 6.45) is -4.51. The summed E-state index contributed by atoms with van der Waals surface area (Å²) in [4.78, 5) is 10.5. The normalized spacial score (nSPS) is 11.8. The van der Waals surface area contributed by atoms with Gasteiger partial charge < -0.3 is 4.57 Å². The molecule has 0 bridgehead atoms. The number of benzene rings is 9. The standard InChI is InChI=1S/C66H52F3N3/c1-39-18-20-46(21-19-39)54-36-52(65-70-58(48-14-10-8-11-15-48)38-59(71-65)49-16-12-9-13-17-49)37-55(47-22-26-53(27-23-47)66(67,68)69)64(54)72-60-28-24-50(62-42(4)30-40(2)31-43(62)5)34-56(60)57-35-51(25-29-61(57)72)63-44(6)32-41(3)33-45(63)7/h8-38H,1-7H3. The second-order valence-electron chi connectivity index (χ2n) is 19.4. The number of hydrogen-bond acceptors (Lipinski definition) is 2. The lowest BCUT2D eigenvalue weighted by Crippen LogP contribution is -2.05. The molecule has 0 aliphatic rings. The quantitative estimate of drug-likeness (QED) is 0.152. The molecular weight excluding hydrogens is 892 g/mol. The van der Waals surface area contributed by atoms with Gasteiger partial charge in [0.2, 0.25) is 0 Å². The second kappa shape index (κ2) is 18.1. The highest BCUT2D eigenvalue weighted by molar-refractivity contribution is 6.13. The smallest absolute Gasteiger partial charge is 0.308 e. The van der Waals surface area contributed by atoms with Crippen LogP contribution in [0.3, 0.4) is 0 Å². The first-order chi connectivity index (χ1) is 34.7. The van der Waals surface area contributed by atoms with Gasteiger partial charge in [0, 0.05) is 38.6 Å². The Bertz CT molecular complexity index is 3670. The zero-order chi connectivity index (χ0) is 50.0. The van der Waals surface area contributed by atoms with E-state index in [1.54, 1.807) is 12.1 Å². The molecule has 11 rings (SSSR count). The van der Waals surface area contributed by atoms with Gasteiger partial charge in [-0.3, -0.25) is 0 Å². The van der Waals surface area contributed by atoms with Crippen LogP contribution in [-0.4, -0.2) is 14.5 Å². The lowest BCUT2D eigenvalue weighted by Gasteiger charge is -2.22. The van der Waals surface area contributed by atoms with Gasteiger partial charge in [0.05, 0.1) is 33.7 Å². The third kappa shape index (κ3) is 8.47. The van der Waals surface area contributed by atoms with Crippen molar-refractivity contribution in [2.75, 3.05) is 0 Å². The van der Waals surface area contributed by atoms with E-state index in [9.17, 15) is 13.2 Å². The van der Waals surface area contributed by atoms with Crippen LogP contribution in [0.1, 0.15) is 44.5 Å². The molecule has 0 radical (unpaired) electrons. The zero-order valence-corrected chi connectivity index (χ0v) is 41.4. The van der Waals surface area contributed by atoms with Crippen LogP contribution in [-0.2, 0) is 6.18 Å². The van der Waals surface area contributed by atoms with Gasteiger partial charge >= 0.3 is 6.18 Å². The molecule has 0 spiro atoms. The van der Waals surface area contributed by atoms with Crippen LogP contribution in [0.4, 0.5) is 13.2 Å². The zero-order valence-electron chi connectivity index (χ0n) is 41.4. The highest BCUT2D eigenvalue weighted by Crippen LogP contribution is 2.46. The van der Waals surface area contributed by atoms with Crippen molar-refractivity contribution in [2.24, 2.45) is 0 Å². The number of alkyl halides is 3. The molecule has 9 aromatic carbocycles. The van der Waals surface area contributed by atoms with Gasteiger partial charge in [0.1, 0.15) is 0 Å². The Morgan fingerprint density at radius 1 is 0.361 bits per heavy atom. The number of aromatic nitrogens is 3. The van der Waals surface area contributed by atoms with Crippen LogP contribution in [0.5, 0.6) is 0 Å². The van der Waals surface area contributed by atoms with Gasteiger partial charge in [-0.2, -0.15) is 13.2 Å². The predicted molar refractivity (Wildman–Crippen MR) is 293 cm³/mol. The molecule has 72 heavy (non-hydrogen) atoms. The molecule has 0 fully saturated rings. The average Bonchev–Trinajstić information content (AvgIpc) is 3.68. The SMILES string of the molecule is Cc1ccc(-c2cc(-c3nc(-c4ccccc4)cc(-c4ccccc4)n3)cc(-c3ccc(C(F)(F)F)cc3)c2-n2c3ccc(-c4c(C)cc(C)cc4C)cc3c3cc(-c4c(C)cc(C)cc4C)ccc32)cc1. The largest absolute Gasteiger partial charge is 0.416 e. The highest BCUT2D eigenvalue weighted by atomic mass is 19.4. The van der Waals surface area contributed by atoms with E-state index in [2.05, 4.69) is 150 Å². The summed E-state index contributed by atoms with van der Waals surface area (Å²) in [6, 6.07) is 62.8. The van der Waals surface area contributed by atoms with E-state index < -0.39 is 11.7 Å². The summed E-state index contributed by atoms with van der Waals surface area (Å²) < 4.78 is 45.4. The molecule has 0 saturated carbocycles. The van der Waals surface area contributed by atoms with Crippen LogP contribution < -0.4 is 0 Å². The summed E-state index contributed by atoms with van der Waals surface area (Å²) in [5.41, 5.74) is 22.3. The van der Waals surface area contributed by atoms with Gasteiger partial charge in [0.25, 0.3) is 0 Å². The molecule has 11 aromatic rings. The van der Waals surface area contributed by atoms with E-state index in [0.717, 1.165) is 89.0 Å². The number of halogens is 3. The number of hydrogen-bond donors (Lipinski definition) is 0. The fraction of sp³-hybridized carbons (Fsp3) is 0.121. The molecular formula is C66H52F3N3. The van der Waals surface area contributed by atoms with Crippen molar-refractivity contribution in [3.05, 3.63) is 233 Å². The molecule has 0 aliphatic heterocycles. The summed E-state index contributed by atoms with van der Waals surface area (Å²) in [7, 11) is 0. The first-order valence-electron chi connectivity index (χ1n) is 24.4. The van der Waals surface area contributed by atoms with E-state index >= 15 is 0 Å². The molecule has 0 atom stereocenters. The van der Waals surface area contributed by atoms with Crippen LogP contribution in [0.2, 0.25) is 0 Å². The maximum atomic E-state index is 14.4. The number of rotatable bonds is 8. The maximum Gasteiger partial charge on any atom is 0.416 e. The molecule has 2 heterocycles. The van der Waals surface area contributed by atoms with Crippen molar-refractivity contribution in [2.45, 2.75) is 54.6 Å². The summed E-state index contributed by atoms with van der Waals surface area (Å²) in [5.74, 6) is 0.493. The van der Waals surface area contributed by atoms with Crippen molar-refractivity contribution >= 4 is 21.8 Å². The van der Waals surface area contributed by atoms with Crippen molar-refractivity contribution in [3.63, 3.8) is 0 Å². The fourth-order valence-electron chi connectivity index (χ4n) is 11.0. The predicted octanol–water partition coefficient (Wildman–Crippen LogP) is 18.4. The Balaban J connectivity index is 1.27. The molecule has 0 aliphatic carbocycles. The Kier molecular flexibility index (Phi) is 11.6. The molecule has 352 valence electrons. The van der Waals surface area contributed by atoms with Crippen LogP contribution in [0.25, 0.3) is 106 Å². The molecule has 3 nitrogen and oxygen atoms in total. The Hall–Kier alpha value is -8.35. The van der Waals surface area contributed by atoms with Gasteiger partial charge in [0.15, 0.2) is 5.82 Å². The summed E-state index contributed by atoms with van der Waals surface area (Å²) >= 11 is 0. The molecule has 6 heteroatoms. The minimum absolute atomic E-state index is 0.493. The monoisotopic (exact) mass is 943 g/mol. The lowest BCUT2D eigenvalue weighted by atomic mass is 9.91.